The van der Waals surface area contributed by atoms with Crippen molar-refractivity contribution in [3.8, 4) is 0 Å². The van der Waals surface area contributed by atoms with Gasteiger partial charge in [-0.15, -0.1) is 11.8 Å². The van der Waals surface area contributed by atoms with Crippen molar-refractivity contribution in [2.24, 2.45) is 11.3 Å². The molecule has 0 saturated carbocycles. The molecule has 0 fully saturated rings. The fourth-order valence-electron chi connectivity index (χ4n) is 2.33. The molecule has 15 heavy (non-hydrogen) atoms. The molecule has 0 N–H and O–H groups in total. The lowest BCUT2D eigenvalue weighted by atomic mass is 9.79. The largest absolute Gasteiger partial charge is 0.130 e. The van der Waals surface area contributed by atoms with E-state index in [-0.39, 0.29) is 0 Å². The van der Waals surface area contributed by atoms with Crippen molar-refractivity contribution < 1.29 is 0 Å². The fourth-order valence-corrected chi connectivity index (χ4v) is 2.80. The second kappa shape index (κ2) is 3.86. The van der Waals surface area contributed by atoms with Crippen molar-refractivity contribution in [1.82, 2.24) is 0 Å². The molecule has 1 aromatic carbocycles. The van der Waals surface area contributed by atoms with Gasteiger partial charge in [0.05, 0.1) is 0 Å². The molecule has 0 amide bonds. The number of rotatable bonds is 1. The Bertz CT molecular complexity index is 360. The third kappa shape index (κ3) is 2.23. The molecule has 1 aliphatic rings. The van der Waals surface area contributed by atoms with Crippen LogP contribution in [-0.2, 0) is 12.8 Å². The highest BCUT2D eigenvalue weighted by atomic mass is 32.2. The summed E-state index contributed by atoms with van der Waals surface area (Å²) in [6, 6.07) is 6.97. The van der Waals surface area contributed by atoms with Gasteiger partial charge in [-0.1, -0.05) is 26.8 Å². The highest BCUT2D eigenvalue weighted by molar-refractivity contribution is 7.98. The van der Waals surface area contributed by atoms with Crippen molar-refractivity contribution in [2.45, 2.75) is 38.5 Å². The van der Waals surface area contributed by atoms with Crippen molar-refractivity contribution in [3.05, 3.63) is 29.3 Å². The Morgan fingerprint density at radius 3 is 2.40 bits per heavy atom. The standard InChI is InChI=1S/C14H20S/c1-14(2,3)12-7-10-5-6-13(15-4)9-11(10)8-12/h5-6,9,12H,7-8H2,1-4H3. The first-order valence-corrected chi connectivity index (χ1v) is 6.89. The van der Waals surface area contributed by atoms with Crippen LogP contribution in [0, 0.1) is 11.3 Å². The molecule has 2 rings (SSSR count). The van der Waals surface area contributed by atoms with Crippen LogP contribution in [0.4, 0.5) is 0 Å². The normalized spacial score (nSPS) is 20.4. The molecule has 0 saturated heterocycles. The Balaban J connectivity index is 2.24. The first-order valence-electron chi connectivity index (χ1n) is 5.66. The maximum Gasteiger partial charge on any atom is 0.00720 e. The smallest absolute Gasteiger partial charge is 0.00720 e. The van der Waals surface area contributed by atoms with Gasteiger partial charge in [-0.3, -0.25) is 0 Å². The van der Waals surface area contributed by atoms with E-state index in [0.717, 1.165) is 5.92 Å². The molecule has 82 valence electrons. The van der Waals surface area contributed by atoms with Gasteiger partial charge in [-0.2, -0.15) is 0 Å². The molecule has 1 unspecified atom stereocenters. The Hall–Kier alpha value is -0.430. The third-order valence-electron chi connectivity index (χ3n) is 3.57. The highest BCUT2D eigenvalue weighted by Gasteiger charge is 2.30. The summed E-state index contributed by atoms with van der Waals surface area (Å²) in [5, 5.41) is 0. The minimum Gasteiger partial charge on any atom is -0.130 e. The second-order valence-corrected chi connectivity index (χ2v) is 6.49. The molecule has 0 bridgehead atoms. The van der Waals surface area contributed by atoms with Crippen LogP contribution >= 0.6 is 11.8 Å². The van der Waals surface area contributed by atoms with Gasteiger partial charge < -0.3 is 0 Å². The first-order chi connectivity index (χ1) is 7.00. The lowest BCUT2D eigenvalue weighted by Gasteiger charge is -2.26. The molecule has 0 nitrogen and oxygen atoms in total. The molecule has 0 heterocycles. The van der Waals surface area contributed by atoms with E-state index in [4.69, 9.17) is 0 Å². The van der Waals surface area contributed by atoms with E-state index in [1.165, 1.54) is 17.7 Å². The van der Waals surface area contributed by atoms with E-state index < -0.39 is 0 Å². The van der Waals surface area contributed by atoms with Crippen LogP contribution < -0.4 is 0 Å². The summed E-state index contributed by atoms with van der Waals surface area (Å²) in [4.78, 5) is 1.41. The van der Waals surface area contributed by atoms with E-state index in [1.807, 2.05) is 11.8 Å². The SMILES string of the molecule is CSc1ccc2c(c1)CC(C(C)(C)C)C2. The lowest BCUT2D eigenvalue weighted by Crippen LogP contribution is -2.20. The Morgan fingerprint density at radius 2 is 1.80 bits per heavy atom. The fraction of sp³-hybridized carbons (Fsp3) is 0.571. The average molecular weight is 220 g/mol. The Morgan fingerprint density at radius 1 is 1.13 bits per heavy atom. The van der Waals surface area contributed by atoms with Crippen LogP contribution in [0.25, 0.3) is 0 Å². The van der Waals surface area contributed by atoms with Crippen molar-refractivity contribution in [3.63, 3.8) is 0 Å². The Kier molecular flexibility index (Phi) is 2.85. The molecule has 1 aliphatic carbocycles. The minimum absolute atomic E-state index is 0.443. The molecule has 0 spiro atoms. The van der Waals surface area contributed by atoms with Gasteiger partial charge in [0, 0.05) is 4.90 Å². The van der Waals surface area contributed by atoms with Crippen LogP contribution in [0.1, 0.15) is 31.9 Å². The van der Waals surface area contributed by atoms with Gasteiger partial charge in [0.1, 0.15) is 0 Å². The van der Waals surface area contributed by atoms with E-state index in [2.05, 4.69) is 45.2 Å². The summed E-state index contributed by atoms with van der Waals surface area (Å²) in [5.74, 6) is 0.824. The van der Waals surface area contributed by atoms with Crippen LogP contribution in [0.2, 0.25) is 0 Å². The van der Waals surface area contributed by atoms with Gasteiger partial charge in [-0.05, 0) is 53.7 Å². The topological polar surface area (TPSA) is 0 Å². The molecule has 0 aromatic heterocycles. The summed E-state index contributed by atoms with van der Waals surface area (Å²) < 4.78 is 0. The van der Waals surface area contributed by atoms with Gasteiger partial charge in [0.25, 0.3) is 0 Å². The van der Waals surface area contributed by atoms with Crippen LogP contribution in [0.3, 0.4) is 0 Å². The first kappa shape index (κ1) is 11.1. The van der Waals surface area contributed by atoms with Gasteiger partial charge >= 0.3 is 0 Å². The maximum atomic E-state index is 2.38. The van der Waals surface area contributed by atoms with Crippen molar-refractivity contribution in [1.29, 1.82) is 0 Å². The predicted molar refractivity (Wildman–Crippen MR) is 68.6 cm³/mol. The highest BCUT2D eigenvalue weighted by Crippen LogP contribution is 2.39. The summed E-state index contributed by atoms with van der Waals surface area (Å²) in [7, 11) is 0. The second-order valence-electron chi connectivity index (χ2n) is 5.61. The van der Waals surface area contributed by atoms with Crippen LogP contribution in [-0.4, -0.2) is 6.26 Å². The molecule has 0 radical (unpaired) electrons. The minimum atomic E-state index is 0.443. The van der Waals surface area contributed by atoms with Crippen LogP contribution in [0.5, 0.6) is 0 Å². The van der Waals surface area contributed by atoms with Crippen molar-refractivity contribution in [2.75, 3.05) is 6.26 Å². The number of hydrogen-bond acceptors (Lipinski definition) is 1. The van der Waals surface area contributed by atoms with Gasteiger partial charge in [0.15, 0.2) is 0 Å². The number of benzene rings is 1. The third-order valence-corrected chi connectivity index (χ3v) is 4.30. The molecule has 1 atom stereocenters. The van der Waals surface area contributed by atoms with E-state index >= 15 is 0 Å². The zero-order valence-electron chi connectivity index (χ0n) is 10.1. The summed E-state index contributed by atoms with van der Waals surface area (Å²) in [5.41, 5.74) is 3.60. The van der Waals surface area contributed by atoms with E-state index in [1.54, 1.807) is 11.1 Å². The molecule has 0 aliphatic heterocycles. The summed E-state index contributed by atoms with van der Waals surface area (Å²) in [6.07, 6.45) is 4.69. The molecular formula is C14H20S. The quantitative estimate of drug-likeness (QED) is 0.640. The average Bonchev–Trinajstić information content (AvgIpc) is 2.59. The molecule has 1 heteroatoms. The zero-order valence-corrected chi connectivity index (χ0v) is 10.9. The number of thioether (sulfide) groups is 1. The van der Waals surface area contributed by atoms with Gasteiger partial charge in [0.2, 0.25) is 0 Å². The zero-order chi connectivity index (χ0) is 11.1. The summed E-state index contributed by atoms with van der Waals surface area (Å²) in [6.45, 7) is 7.08. The van der Waals surface area contributed by atoms with Crippen molar-refractivity contribution >= 4 is 11.8 Å². The van der Waals surface area contributed by atoms with Gasteiger partial charge in [-0.25, -0.2) is 0 Å². The predicted octanol–water partition coefficient (Wildman–Crippen LogP) is 4.17. The van der Waals surface area contributed by atoms with E-state index in [9.17, 15) is 0 Å². The van der Waals surface area contributed by atoms with Crippen LogP contribution in [0.15, 0.2) is 23.1 Å². The maximum absolute atomic E-state index is 2.38. The monoisotopic (exact) mass is 220 g/mol. The molecule has 1 aromatic rings. The number of hydrogen-bond donors (Lipinski definition) is 0. The van der Waals surface area contributed by atoms with E-state index in [0.29, 0.717) is 5.41 Å². The lowest BCUT2D eigenvalue weighted by molar-refractivity contribution is 0.251. The Labute approximate surface area is 97.5 Å². The number of fused-ring (bicyclic) bond motifs is 1. The molecular weight excluding hydrogens is 200 g/mol. The summed E-state index contributed by atoms with van der Waals surface area (Å²) >= 11 is 1.84.